The van der Waals surface area contributed by atoms with E-state index in [-0.39, 0.29) is 31.4 Å². The zero-order valence-corrected chi connectivity index (χ0v) is 26.0. The van der Waals surface area contributed by atoms with Gasteiger partial charge in [-0.25, -0.2) is 4.79 Å². The van der Waals surface area contributed by atoms with Gasteiger partial charge in [0, 0.05) is 29.9 Å². The lowest BCUT2D eigenvalue weighted by atomic mass is 10.0. The molecule has 1 aromatic heterocycles. The van der Waals surface area contributed by atoms with Gasteiger partial charge in [0.2, 0.25) is 17.7 Å². The van der Waals surface area contributed by atoms with E-state index >= 15 is 0 Å². The number of carbonyl (C=O) groups is 4. The van der Waals surface area contributed by atoms with Crippen LogP contribution < -0.4 is 27.4 Å². The van der Waals surface area contributed by atoms with Crippen molar-refractivity contribution in [3.8, 4) is 5.75 Å². The summed E-state index contributed by atoms with van der Waals surface area (Å²) in [5, 5.41) is 28.5. The van der Waals surface area contributed by atoms with Crippen LogP contribution in [0.15, 0.2) is 85.1 Å². The highest BCUT2D eigenvalue weighted by Gasteiger charge is 2.31. The Morgan fingerprint density at radius 1 is 0.702 bits per heavy atom. The third kappa shape index (κ3) is 10.1. The van der Waals surface area contributed by atoms with Gasteiger partial charge in [0.05, 0.1) is 6.04 Å². The van der Waals surface area contributed by atoms with E-state index in [0.29, 0.717) is 24.9 Å². The minimum Gasteiger partial charge on any atom is -0.508 e. The fraction of sp³-hybridized carbons (Fsp3) is 0.314. The number of benzene rings is 3. The molecular weight excluding hydrogens is 600 g/mol. The summed E-state index contributed by atoms with van der Waals surface area (Å²) >= 11 is 0. The molecule has 10 N–H and O–H groups in total. The van der Waals surface area contributed by atoms with E-state index in [2.05, 4.69) is 20.9 Å². The van der Waals surface area contributed by atoms with Crippen molar-refractivity contribution in [2.45, 2.75) is 62.7 Å². The molecule has 0 saturated carbocycles. The lowest BCUT2D eigenvalue weighted by Gasteiger charge is -2.25. The van der Waals surface area contributed by atoms with E-state index in [1.807, 2.05) is 36.5 Å². The molecule has 0 bridgehead atoms. The second kappa shape index (κ2) is 16.9. The van der Waals surface area contributed by atoms with Crippen LogP contribution in [0.3, 0.4) is 0 Å². The molecule has 4 aromatic rings. The Morgan fingerprint density at radius 2 is 1.30 bits per heavy atom. The van der Waals surface area contributed by atoms with Crippen LogP contribution in [0.5, 0.6) is 5.75 Å². The van der Waals surface area contributed by atoms with Gasteiger partial charge in [0.15, 0.2) is 0 Å². The number of carboxylic acid groups (broad SMARTS) is 1. The largest absolute Gasteiger partial charge is 0.508 e. The Kier molecular flexibility index (Phi) is 12.5. The van der Waals surface area contributed by atoms with Crippen molar-refractivity contribution in [2.24, 2.45) is 11.5 Å². The molecule has 248 valence electrons. The van der Waals surface area contributed by atoms with Gasteiger partial charge in [0.1, 0.15) is 23.9 Å². The molecular formula is C35H42N6O6. The minimum atomic E-state index is -1.30. The maximum atomic E-state index is 13.7. The molecule has 0 fully saturated rings. The molecule has 3 aromatic carbocycles. The third-order valence-corrected chi connectivity index (χ3v) is 7.94. The summed E-state index contributed by atoms with van der Waals surface area (Å²) in [5.41, 5.74) is 15.1. The number of para-hydroxylation sites is 1. The van der Waals surface area contributed by atoms with Crippen LogP contribution in [0.25, 0.3) is 10.9 Å². The van der Waals surface area contributed by atoms with Crippen LogP contribution in [0, 0.1) is 0 Å². The van der Waals surface area contributed by atoms with E-state index in [1.54, 1.807) is 36.4 Å². The predicted octanol–water partition coefficient (Wildman–Crippen LogP) is 1.90. The number of phenolic OH excluding ortho intramolecular Hbond substituents is 1. The number of phenols is 1. The number of rotatable bonds is 17. The number of fused-ring (bicyclic) bond motifs is 1. The molecule has 4 unspecified atom stereocenters. The Bertz CT molecular complexity index is 1640. The van der Waals surface area contributed by atoms with Crippen LogP contribution >= 0.6 is 0 Å². The van der Waals surface area contributed by atoms with Crippen LogP contribution in [0.1, 0.15) is 36.0 Å². The number of aromatic hydroxyl groups is 1. The first-order valence-electron chi connectivity index (χ1n) is 15.6. The number of nitrogens with one attached hydrogen (secondary N) is 4. The Morgan fingerprint density at radius 3 is 2.00 bits per heavy atom. The fourth-order valence-electron chi connectivity index (χ4n) is 5.34. The molecule has 1 heterocycles. The van der Waals surface area contributed by atoms with E-state index in [0.717, 1.165) is 22.0 Å². The van der Waals surface area contributed by atoms with Crippen molar-refractivity contribution in [2.75, 3.05) is 6.54 Å². The first-order chi connectivity index (χ1) is 22.6. The summed E-state index contributed by atoms with van der Waals surface area (Å²) in [4.78, 5) is 55.8. The minimum absolute atomic E-state index is 0.0299. The van der Waals surface area contributed by atoms with Crippen molar-refractivity contribution in [3.63, 3.8) is 0 Å². The van der Waals surface area contributed by atoms with Crippen molar-refractivity contribution in [1.82, 2.24) is 20.9 Å². The summed E-state index contributed by atoms with van der Waals surface area (Å²) in [6, 6.07) is 18.2. The van der Waals surface area contributed by atoms with Crippen molar-refractivity contribution in [1.29, 1.82) is 0 Å². The Balaban J connectivity index is 1.49. The normalized spacial score (nSPS) is 13.7. The van der Waals surface area contributed by atoms with Gasteiger partial charge in [-0.2, -0.15) is 0 Å². The van der Waals surface area contributed by atoms with Gasteiger partial charge in [-0.05, 0) is 67.1 Å². The number of unbranched alkanes of at least 4 members (excludes halogenated alkanes) is 1. The van der Waals surface area contributed by atoms with Crippen molar-refractivity contribution in [3.05, 3.63) is 102 Å². The summed E-state index contributed by atoms with van der Waals surface area (Å²) in [6.45, 7) is 0.402. The second-order valence-corrected chi connectivity index (χ2v) is 11.5. The fourth-order valence-corrected chi connectivity index (χ4v) is 5.34. The number of aromatic nitrogens is 1. The first-order valence-corrected chi connectivity index (χ1v) is 15.6. The SMILES string of the molecule is NCCCCC(NC(=O)C(N)Cc1c[nH]c2ccccc12)C(=O)NC(Cc1ccccc1)C(=O)NC(Cc1ccc(O)cc1)C(=O)O. The number of nitrogens with two attached hydrogens (primary N) is 2. The topological polar surface area (TPSA) is 213 Å². The van der Waals surface area contributed by atoms with E-state index in [4.69, 9.17) is 11.5 Å². The monoisotopic (exact) mass is 642 g/mol. The van der Waals surface area contributed by atoms with Gasteiger partial charge in [0.25, 0.3) is 0 Å². The Labute approximate surface area is 272 Å². The van der Waals surface area contributed by atoms with Gasteiger partial charge >= 0.3 is 5.97 Å². The van der Waals surface area contributed by atoms with E-state index in [9.17, 15) is 29.4 Å². The highest BCUT2D eigenvalue weighted by atomic mass is 16.4. The number of aromatic amines is 1. The molecule has 0 radical (unpaired) electrons. The van der Waals surface area contributed by atoms with Gasteiger partial charge in [-0.15, -0.1) is 0 Å². The molecule has 4 atom stereocenters. The average Bonchev–Trinajstić information content (AvgIpc) is 3.47. The van der Waals surface area contributed by atoms with E-state index < -0.39 is 47.9 Å². The van der Waals surface area contributed by atoms with Crippen LogP contribution in [-0.2, 0) is 38.4 Å². The number of hydrogen-bond acceptors (Lipinski definition) is 7. The lowest BCUT2D eigenvalue weighted by Crippen LogP contribution is -2.58. The molecule has 0 saturated heterocycles. The zero-order valence-electron chi connectivity index (χ0n) is 26.0. The van der Waals surface area contributed by atoms with Crippen LogP contribution in [-0.4, -0.2) is 69.6 Å². The van der Waals surface area contributed by atoms with Crippen LogP contribution in [0.4, 0.5) is 0 Å². The van der Waals surface area contributed by atoms with Crippen molar-refractivity contribution < 1.29 is 29.4 Å². The molecule has 0 aliphatic heterocycles. The van der Waals surface area contributed by atoms with Gasteiger partial charge < -0.3 is 42.6 Å². The van der Waals surface area contributed by atoms with Gasteiger partial charge in [-0.1, -0.05) is 60.7 Å². The highest BCUT2D eigenvalue weighted by molar-refractivity contribution is 5.94. The highest BCUT2D eigenvalue weighted by Crippen LogP contribution is 2.19. The molecule has 0 spiro atoms. The number of carbonyl (C=O) groups excluding carboxylic acids is 3. The summed E-state index contributed by atoms with van der Waals surface area (Å²) in [6.07, 6.45) is 3.49. The molecule has 12 nitrogen and oxygen atoms in total. The Hall–Kier alpha value is -5.20. The van der Waals surface area contributed by atoms with Gasteiger partial charge in [-0.3, -0.25) is 14.4 Å². The van der Waals surface area contributed by atoms with Crippen molar-refractivity contribution >= 4 is 34.6 Å². The number of H-pyrrole nitrogens is 1. The molecule has 47 heavy (non-hydrogen) atoms. The zero-order chi connectivity index (χ0) is 33.8. The maximum Gasteiger partial charge on any atom is 0.326 e. The number of hydrogen-bond donors (Lipinski definition) is 8. The smallest absolute Gasteiger partial charge is 0.326 e. The predicted molar refractivity (Wildman–Crippen MR) is 178 cm³/mol. The molecule has 12 heteroatoms. The molecule has 0 aliphatic rings. The quantitative estimate of drug-likeness (QED) is 0.0795. The third-order valence-electron chi connectivity index (χ3n) is 7.94. The molecule has 3 amide bonds. The second-order valence-electron chi connectivity index (χ2n) is 11.5. The molecule has 0 aliphatic carbocycles. The summed E-state index contributed by atoms with van der Waals surface area (Å²) in [7, 11) is 0. The maximum absolute atomic E-state index is 13.7. The summed E-state index contributed by atoms with van der Waals surface area (Å²) < 4.78 is 0. The number of aliphatic carboxylic acids is 1. The van der Waals surface area contributed by atoms with E-state index in [1.165, 1.54) is 12.1 Å². The standard InChI is InChI=1S/C35H42N6O6/c36-17-7-6-12-29(39-32(43)27(37)20-24-21-38-28-11-5-4-10-26(24)28)33(44)40-30(18-22-8-2-1-3-9-22)34(45)41-31(35(46)47)19-23-13-15-25(42)16-14-23/h1-5,8-11,13-16,21,27,29-31,38,42H,6-7,12,17-20,36-37H2,(H,39,43)(H,40,44)(H,41,45)(H,46,47). The number of carboxylic acids is 1. The number of amides is 3. The lowest BCUT2D eigenvalue weighted by molar-refractivity contribution is -0.142. The summed E-state index contributed by atoms with van der Waals surface area (Å²) in [5.74, 6) is -3.05. The molecule has 4 rings (SSSR count). The van der Waals surface area contributed by atoms with Crippen LogP contribution in [0.2, 0.25) is 0 Å². The average molecular weight is 643 g/mol. The first kappa shape index (κ1) is 34.7.